The Hall–Kier alpha value is -3.27. The zero-order valence-corrected chi connectivity index (χ0v) is 26.3. The third-order valence-electron chi connectivity index (χ3n) is 6.28. The topological polar surface area (TPSA) is 96.0 Å². The Balaban J connectivity index is 2.10. The highest BCUT2D eigenvalue weighted by Gasteiger charge is 2.34. The van der Waals surface area contributed by atoms with Gasteiger partial charge in [-0.1, -0.05) is 53.0 Å². The number of methoxy groups -OCH3 is 1. The molecule has 8 nitrogen and oxygen atoms in total. The minimum absolute atomic E-state index is 0.0120. The third kappa shape index (κ3) is 8.15. The molecule has 0 fully saturated rings. The number of sulfonamides is 1. The summed E-state index contributed by atoms with van der Waals surface area (Å²) in [5.74, 6) is -0.629. The van der Waals surface area contributed by atoms with Crippen LogP contribution in [0, 0.1) is 6.92 Å². The van der Waals surface area contributed by atoms with E-state index in [0.29, 0.717) is 21.4 Å². The second-order valence-corrected chi connectivity index (χ2v) is 13.3. The van der Waals surface area contributed by atoms with E-state index in [1.807, 2.05) is 27.7 Å². The first kappa shape index (κ1) is 32.2. The molecule has 0 aliphatic heterocycles. The highest BCUT2D eigenvalue weighted by molar-refractivity contribution is 7.92. The second kappa shape index (κ2) is 13.1. The van der Waals surface area contributed by atoms with Crippen LogP contribution in [0.2, 0.25) is 10.0 Å². The molecule has 2 amide bonds. The van der Waals surface area contributed by atoms with Gasteiger partial charge in [-0.2, -0.15) is 0 Å². The number of ether oxygens (including phenoxy) is 1. The van der Waals surface area contributed by atoms with Crippen molar-refractivity contribution in [3.8, 4) is 5.75 Å². The molecule has 11 heteroatoms. The van der Waals surface area contributed by atoms with Crippen LogP contribution in [0.3, 0.4) is 0 Å². The Morgan fingerprint density at radius 3 is 2.12 bits per heavy atom. The van der Waals surface area contributed by atoms with E-state index in [1.165, 1.54) is 30.2 Å². The number of anilines is 1. The number of nitrogens with zero attached hydrogens (tertiary/aromatic N) is 2. The van der Waals surface area contributed by atoms with E-state index in [0.717, 1.165) is 9.87 Å². The quantitative estimate of drug-likeness (QED) is 0.308. The molecule has 0 aliphatic rings. The second-order valence-electron chi connectivity index (χ2n) is 10.7. The van der Waals surface area contributed by atoms with Crippen LogP contribution in [0.1, 0.15) is 38.8 Å². The fourth-order valence-corrected chi connectivity index (χ4v) is 5.97. The number of carbonyl (C=O) groups is 2. The molecule has 0 saturated heterocycles. The fraction of sp³-hybridized carbons (Fsp3) is 0.333. The molecule has 0 heterocycles. The van der Waals surface area contributed by atoms with Crippen molar-refractivity contribution in [2.24, 2.45) is 0 Å². The van der Waals surface area contributed by atoms with Crippen molar-refractivity contribution in [1.82, 2.24) is 10.2 Å². The molecule has 0 spiro atoms. The summed E-state index contributed by atoms with van der Waals surface area (Å²) in [5.41, 5.74) is 0.980. The van der Waals surface area contributed by atoms with Gasteiger partial charge in [0.25, 0.3) is 10.0 Å². The number of carbonyl (C=O) groups excluding carboxylic acids is 2. The lowest BCUT2D eigenvalue weighted by atomic mass is 10.1. The molecule has 1 atom stereocenters. The summed E-state index contributed by atoms with van der Waals surface area (Å²) < 4.78 is 34.2. The minimum Gasteiger partial charge on any atom is -0.497 e. The average molecular weight is 621 g/mol. The van der Waals surface area contributed by atoms with Crippen molar-refractivity contribution >= 4 is 50.7 Å². The maximum absolute atomic E-state index is 14.1. The molecular weight excluding hydrogens is 585 g/mol. The lowest BCUT2D eigenvalue weighted by Gasteiger charge is -2.34. The van der Waals surface area contributed by atoms with E-state index in [-0.39, 0.29) is 17.1 Å². The first-order valence-electron chi connectivity index (χ1n) is 12.9. The largest absolute Gasteiger partial charge is 0.497 e. The van der Waals surface area contributed by atoms with Gasteiger partial charge in [0.1, 0.15) is 18.3 Å². The number of halogens is 2. The maximum Gasteiger partial charge on any atom is 0.264 e. The molecule has 3 aromatic rings. The van der Waals surface area contributed by atoms with E-state index < -0.39 is 40.0 Å². The van der Waals surface area contributed by atoms with Gasteiger partial charge in [0.2, 0.25) is 11.8 Å². The van der Waals surface area contributed by atoms with Crippen LogP contribution in [0.5, 0.6) is 5.75 Å². The molecule has 0 aromatic heterocycles. The first-order chi connectivity index (χ1) is 19.1. The highest BCUT2D eigenvalue weighted by atomic mass is 35.5. The Morgan fingerprint density at radius 2 is 1.56 bits per heavy atom. The smallest absolute Gasteiger partial charge is 0.264 e. The van der Waals surface area contributed by atoms with Gasteiger partial charge < -0.3 is 15.0 Å². The van der Waals surface area contributed by atoms with Crippen LogP contribution >= 0.6 is 23.2 Å². The van der Waals surface area contributed by atoms with Gasteiger partial charge in [-0.3, -0.25) is 13.9 Å². The van der Waals surface area contributed by atoms with Gasteiger partial charge in [-0.25, -0.2) is 8.42 Å². The predicted octanol–water partition coefficient (Wildman–Crippen LogP) is 5.84. The van der Waals surface area contributed by atoms with Gasteiger partial charge in [0.05, 0.1) is 17.7 Å². The zero-order chi connectivity index (χ0) is 30.5. The van der Waals surface area contributed by atoms with Crippen LogP contribution < -0.4 is 14.4 Å². The molecule has 220 valence electrons. The summed E-state index contributed by atoms with van der Waals surface area (Å²) in [6, 6.07) is 16.7. The van der Waals surface area contributed by atoms with Crippen molar-refractivity contribution in [2.45, 2.75) is 57.6 Å². The normalized spacial score (nSPS) is 12.4. The van der Waals surface area contributed by atoms with Crippen LogP contribution in [-0.4, -0.2) is 50.4 Å². The van der Waals surface area contributed by atoms with E-state index in [4.69, 9.17) is 27.9 Å². The zero-order valence-electron chi connectivity index (χ0n) is 23.9. The SMILES string of the molecule is COc1cccc(N(CC(=O)N(Cc2c(Cl)cccc2Cl)[C@@H](C)C(=O)NC(C)(C)C)S(=O)(=O)c2ccc(C)cc2)c1. The molecule has 3 rings (SSSR count). The van der Waals surface area contributed by atoms with Gasteiger partial charge >= 0.3 is 0 Å². The number of benzene rings is 3. The molecule has 0 radical (unpaired) electrons. The van der Waals surface area contributed by atoms with Crippen LogP contribution in [0.15, 0.2) is 71.6 Å². The monoisotopic (exact) mass is 619 g/mol. The van der Waals surface area contributed by atoms with Crippen LogP contribution in [0.4, 0.5) is 5.69 Å². The lowest BCUT2D eigenvalue weighted by molar-refractivity contribution is -0.140. The Bertz CT molecular complexity index is 1490. The van der Waals surface area contributed by atoms with Gasteiger partial charge in [-0.05, 0) is 71.0 Å². The van der Waals surface area contributed by atoms with Gasteiger partial charge in [-0.15, -0.1) is 0 Å². The Morgan fingerprint density at radius 1 is 0.976 bits per heavy atom. The summed E-state index contributed by atoms with van der Waals surface area (Å²) in [4.78, 5) is 28.6. The molecule has 1 N–H and O–H groups in total. The molecular formula is C30H35Cl2N3O5S. The highest BCUT2D eigenvalue weighted by Crippen LogP contribution is 2.30. The molecule has 41 heavy (non-hydrogen) atoms. The summed E-state index contributed by atoms with van der Waals surface area (Å²) in [7, 11) is -2.74. The fourth-order valence-electron chi connectivity index (χ4n) is 4.04. The van der Waals surface area contributed by atoms with Gasteiger partial charge in [0, 0.05) is 33.8 Å². The van der Waals surface area contributed by atoms with Crippen LogP contribution in [0.25, 0.3) is 0 Å². The molecule has 0 saturated carbocycles. The number of rotatable bonds is 10. The number of amides is 2. The number of hydrogen-bond acceptors (Lipinski definition) is 5. The summed E-state index contributed by atoms with van der Waals surface area (Å²) in [6.07, 6.45) is 0. The van der Waals surface area contributed by atoms with Crippen molar-refractivity contribution in [2.75, 3.05) is 18.0 Å². The summed E-state index contributed by atoms with van der Waals surface area (Å²) >= 11 is 12.9. The van der Waals surface area contributed by atoms with E-state index >= 15 is 0 Å². The molecule has 0 bridgehead atoms. The number of aryl methyl sites for hydroxylation is 1. The first-order valence-corrected chi connectivity index (χ1v) is 15.1. The predicted molar refractivity (Wildman–Crippen MR) is 163 cm³/mol. The van der Waals surface area contributed by atoms with Crippen molar-refractivity contribution in [3.63, 3.8) is 0 Å². The number of nitrogens with one attached hydrogen (secondary N) is 1. The van der Waals surface area contributed by atoms with Gasteiger partial charge in [0.15, 0.2) is 0 Å². The Kier molecular flexibility index (Phi) is 10.3. The van der Waals surface area contributed by atoms with E-state index in [2.05, 4.69) is 5.32 Å². The van der Waals surface area contributed by atoms with Crippen molar-refractivity contribution in [1.29, 1.82) is 0 Å². The Labute approximate surface area is 252 Å². The average Bonchev–Trinajstić information content (AvgIpc) is 2.90. The van der Waals surface area contributed by atoms with E-state index in [1.54, 1.807) is 55.5 Å². The maximum atomic E-state index is 14.1. The van der Waals surface area contributed by atoms with E-state index in [9.17, 15) is 18.0 Å². The summed E-state index contributed by atoms with van der Waals surface area (Å²) in [6.45, 7) is 8.19. The van der Waals surface area contributed by atoms with Crippen molar-refractivity contribution in [3.05, 3.63) is 87.9 Å². The standard InChI is InChI=1S/C30H35Cl2N3O5S/c1-20-13-15-24(16-14-20)41(38,39)35(22-9-7-10-23(17-22)40-6)19-28(36)34(21(2)29(37)33-30(3,4)5)18-25-26(31)11-8-12-27(25)32/h7-17,21H,18-19H2,1-6H3,(H,33,37)/t21-/m0/s1. The lowest BCUT2D eigenvalue weighted by Crippen LogP contribution is -2.54. The minimum atomic E-state index is -4.21. The molecule has 3 aromatic carbocycles. The molecule has 0 aliphatic carbocycles. The van der Waals surface area contributed by atoms with Crippen molar-refractivity contribution < 1.29 is 22.7 Å². The third-order valence-corrected chi connectivity index (χ3v) is 8.78. The summed E-state index contributed by atoms with van der Waals surface area (Å²) in [5, 5.41) is 3.51. The van der Waals surface area contributed by atoms with Crippen LogP contribution in [-0.2, 0) is 26.2 Å². The molecule has 0 unspecified atom stereocenters. The number of hydrogen-bond donors (Lipinski definition) is 1.